The maximum absolute atomic E-state index is 11.4. The summed E-state index contributed by atoms with van der Waals surface area (Å²) in [7, 11) is 1.65. The van der Waals surface area contributed by atoms with E-state index < -0.39 is 0 Å². The highest BCUT2D eigenvalue weighted by Gasteiger charge is 2.17. The molecule has 0 atom stereocenters. The van der Waals surface area contributed by atoms with Crippen molar-refractivity contribution in [1.29, 1.82) is 0 Å². The van der Waals surface area contributed by atoms with Crippen LogP contribution >= 0.6 is 0 Å². The predicted octanol–water partition coefficient (Wildman–Crippen LogP) is 0.0966. The quantitative estimate of drug-likeness (QED) is 0.778. The lowest BCUT2D eigenvalue weighted by Crippen LogP contribution is -2.32. The Balaban J connectivity index is 1.92. The van der Waals surface area contributed by atoms with Gasteiger partial charge in [0.05, 0.1) is 5.71 Å². The molecule has 1 aromatic carbocycles. The zero-order chi connectivity index (χ0) is 15.9. The Kier molecular flexibility index (Phi) is 5.48. The molecule has 0 saturated carbocycles. The molecule has 0 aromatic heterocycles. The number of nitrogens with zero attached hydrogens (tertiary/aromatic N) is 2. The summed E-state index contributed by atoms with van der Waals surface area (Å²) in [4.78, 5) is 22.8. The number of benzene rings is 1. The lowest BCUT2D eigenvalue weighted by Gasteiger charge is -2.19. The maximum atomic E-state index is 11.4. The Morgan fingerprint density at radius 1 is 1.36 bits per heavy atom. The number of carbonyl (C=O) groups excluding carboxylic acids is 2. The van der Waals surface area contributed by atoms with E-state index in [0.29, 0.717) is 31.7 Å². The van der Waals surface area contributed by atoms with Crippen molar-refractivity contribution in [3.8, 4) is 5.75 Å². The Morgan fingerprint density at radius 3 is 2.73 bits per heavy atom. The molecule has 7 nitrogen and oxygen atoms in total. The largest absolute Gasteiger partial charge is 0.484 e. The van der Waals surface area contributed by atoms with E-state index in [-0.39, 0.29) is 18.4 Å². The number of ether oxygens (including phenoxy) is 1. The summed E-state index contributed by atoms with van der Waals surface area (Å²) in [6, 6.07) is 7.31. The van der Waals surface area contributed by atoms with Crippen LogP contribution in [0.3, 0.4) is 0 Å². The molecule has 22 heavy (non-hydrogen) atoms. The molecule has 7 heteroatoms. The van der Waals surface area contributed by atoms with Crippen LogP contribution in [-0.2, 0) is 9.59 Å². The van der Waals surface area contributed by atoms with Crippen molar-refractivity contribution in [2.75, 3.05) is 26.7 Å². The summed E-state index contributed by atoms with van der Waals surface area (Å²) in [6.07, 6.45) is 1.10. The van der Waals surface area contributed by atoms with E-state index >= 15 is 0 Å². The molecule has 1 heterocycles. The van der Waals surface area contributed by atoms with Crippen molar-refractivity contribution in [3.63, 3.8) is 0 Å². The molecule has 0 fully saturated rings. The SMILES string of the molecule is CN1N=C(c2ccc(OCC(=O)NCCN)cc2)CCC1=O. The summed E-state index contributed by atoms with van der Waals surface area (Å²) in [5, 5.41) is 8.25. The first kappa shape index (κ1) is 16.0. The van der Waals surface area contributed by atoms with Gasteiger partial charge in [0.15, 0.2) is 6.61 Å². The zero-order valence-electron chi connectivity index (χ0n) is 12.5. The fourth-order valence-electron chi connectivity index (χ4n) is 2.03. The highest BCUT2D eigenvalue weighted by atomic mass is 16.5. The van der Waals surface area contributed by atoms with Gasteiger partial charge in [-0.3, -0.25) is 9.59 Å². The third kappa shape index (κ3) is 4.29. The van der Waals surface area contributed by atoms with E-state index in [4.69, 9.17) is 10.5 Å². The van der Waals surface area contributed by atoms with Crippen LogP contribution in [0.25, 0.3) is 0 Å². The number of nitrogens with one attached hydrogen (secondary N) is 1. The molecule has 2 rings (SSSR count). The first-order chi connectivity index (χ1) is 10.6. The van der Waals surface area contributed by atoms with Crippen LogP contribution in [0.5, 0.6) is 5.75 Å². The molecule has 0 unspecified atom stereocenters. The molecule has 0 spiro atoms. The average molecular weight is 304 g/mol. The lowest BCUT2D eigenvalue weighted by molar-refractivity contribution is -0.130. The molecule has 0 radical (unpaired) electrons. The molecule has 0 aliphatic carbocycles. The van der Waals surface area contributed by atoms with E-state index in [2.05, 4.69) is 10.4 Å². The van der Waals surface area contributed by atoms with Crippen LogP contribution < -0.4 is 15.8 Å². The van der Waals surface area contributed by atoms with E-state index in [1.807, 2.05) is 12.1 Å². The van der Waals surface area contributed by atoms with Crippen molar-refractivity contribution >= 4 is 17.5 Å². The van der Waals surface area contributed by atoms with Crippen molar-refractivity contribution in [2.45, 2.75) is 12.8 Å². The molecule has 2 amide bonds. The van der Waals surface area contributed by atoms with E-state index in [1.54, 1.807) is 19.2 Å². The topological polar surface area (TPSA) is 97.0 Å². The standard InChI is InChI=1S/C15H20N4O3/c1-19-15(21)7-6-13(18-19)11-2-4-12(5-3-11)22-10-14(20)17-9-8-16/h2-5H,6-10,16H2,1H3,(H,17,20). The molecular formula is C15H20N4O3. The zero-order valence-corrected chi connectivity index (χ0v) is 12.5. The molecule has 0 saturated heterocycles. The minimum absolute atomic E-state index is 0.0206. The summed E-state index contributed by atoms with van der Waals surface area (Å²) >= 11 is 0. The number of hydrazone groups is 1. The summed E-state index contributed by atoms with van der Waals surface area (Å²) in [5.74, 6) is 0.422. The Hall–Kier alpha value is -2.41. The van der Waals surface area contributed by atoms with Gasteiger partial charge in [0.2, 0.25) is 5.91 Å². The summed E-state index contributed by atoms with van der Waals surface area (Å²) < 4.78 is 5.39. The number of amides is 2. The Morgan fingerprint density at radius 2 is 2.09 bits per heavy atom. The first-order valence-corrected chi connectivity index (χ1v) is 7.14. The second kappa shape index (κ2) is 7.56. The molecule has 0 bridgehead atoms. The Bertz CT molecular complexity index is 569. The minimum Gasteiger partial charge on any atom is -0.484 e. The van der Waals surface area contributed by atoms with Gasteiger partial charge in [0, 0.05) is 33.0 Å². The van der Waals surface area contributed by atoms with Crippen LogP contribution in [0, 0.1) is 0 Å². The smallest absolute Gasteiger partial charge is 0.257 e. The van der Waals surface area contributed by atoms with Gasteiger partial charge in [0.25, 0.3) is 5.91 Å². The van der Waals surface area contributed by atoms with Crippen molar-refractivity contribution in [3.05, 3.63) is 29.8 Å². The number of hydrogen-bond acceptors (Lipinski definition) is 5. The second-order valence-corrected chi connectivity index (χ2v) is 4.92. The fourth-order valence-corrected chi connectivity index (χ4v) is 2.03. The molecular weight excluding hydrogens is 284 g/mol. The van der Waals surface area contributed by atoms with Gasteiger partial charge in [-0.15, -0.1) is 0 Å². The molecule has 1 aromatic rings. The van der Waals surface area contributed by atoms with Gasteiger partial charge in [-0.2, -0.15) is 5.10 Å². The van der Waals surface area contributed by atoms with E-state index in [1.165, 1.54) is 5.01 Å². The lowest BCUT2D eigenvalue weighted by atomic mass is 10.0. The third-order valence-electron chi connectivity index (χ3n) is 3.23. The van der Waals surface area contributed by atoms with E-state index in [0.717, 1.165) is 11.3 Å². The number of carbonyl (C=O) groups is 2. The fraction of sp³-hybridized carbons (Fsp3) is 0.400. The summed E-state index contributed by atoms with van der Waals surface area (Å²) in [6.45, 7) is 0.796. The molecule has 1 aliphatic rings. The van der Waals surface area contributed by atoms with Crippen LogP contribution in [-0.4, -0.2) is 49.3 Å². The van der Waals surface area contributed by atoms with Gasteiger partial charge in [-0.25, -0.2) is 5.01 Å². The average Bonchev–Trinajstić information content (AvgIpc) is 2.54. The van der Waals surface area contributed by atoms with Gasteiger partial charge in [-0.1, -0.05) is 0 Å². The van der Waals surface area contributed by atoms with Crippen LogP contribution in [0.1, 0.15) is 18.4 Å². The van der Waals surface area contributed by atoms with Crippen molar-refractivity contribution in [2.24, 2.45) is 10.8 Å². The predicted molar refractivity (Wildman–Crippen MR) is 82.5 cm³/mol. The second-order valence-electron chi connectivity index (χ2n) is 4.92. The Labute approximate surface area is 129 Å². The van der Waals surface area contributed by atoms with Crippen LogP contribution in [0.4, 0.5) is 0 Å². The number of hydrogen-bond donors (Lipinski definition) is 2. The molecule has 118 valence electrons. The summed E-state index contributed by atoms with van der Waals surface area (Å²) in [5.41, 5.74) is 7.11. The van der Waals surface area contributed by atoms with Crippen molar-refractivity contribution < 1.29 is 14.3 Å². The molecule has 1 aliphatic heterocycles. The first-order valence-electron chi connectivity index (χ1n) is 7.14. The van der Waals surface area contributed by atoms with Gasteiger partial charge in [-0.05, 0) is 29.8 Å². The van der Waals surface area contributed by atoms with Crippen molar-refractivity contribution in [1.82, 2.24) is 10.3 Å². The highest BCUT2D eigenvalue weighted by molar-refractivity contribution is 6.04. The highest BCUT2D eigenvalue weighted by Crippen LogP contribution is 2.17. The van der Waals surface area contributed by atoms with Crippen LogP contribution in [0.2, 0.25) is 0 Å². The van der Waals surface area contributed by atoms with Crippen LogP contribution in [0.15, 0.2) is 29.4 Å². The van der Waals surface area contributed by atoms with E-state index in [9.17, 15) is 9.59 Å². The number of nitrogens with two attached hydrogens (primary N) is 1. The third-order valence-corrected chi connectivity index (χ3v) is 3.23. The monoisotopic (exact) mass is 304 g/mol. The van der Waals surface area contributed by atoms with Gasteiger partial charge in [0.1, 0.15) is 5.75 Å². The normalized spacial score (nSPS) is 14.5. The molecule has 3 N–H and O–H groups in total. The maximum Gasteiger partial charge on any atom is 0.257 e. The minimum atomic E-state index is -0.202. The number of rotatable bonds is 6. The van der Waals surface area contributed by atoms with Gasteiger partial charge < -0.3 is 15.8 Å². The van der Waals surface area contributed by atoms with Gasteiger partial charge >= 0.3 is 0 Å².